The molecule has 2 aromatic heterocycles. The van der Waals surface area contributed by atoms with E-state index < -0.39 is 0 Å². The fourth-order valence-corrected chi connectivity index (χ4v) is 4.29. The maximum Gasteiger partial charge on any atom is 0.215 e. The summed E-state index contributed by atoms with van der Waals surface area (Å²) in [5, 5.41) is 9.74. The Morgan fingerprint density at radius 1 is 1.20 bits per heavy atom. The molecule has 5 rings (SSSR count). The van der Waals surface area contributed by atoms with Gasteiger partial charge in [0.15, 0.2) is 0 Å². The molecule has 0 unspecified atom stereocenters. The number of thiophene rings is 1. The Morgan fingerprint density at radius 2 is 2.16 bits per heavy atom. The molecule has 0 spiro atoms. The van der Waals surface area contributed by atoms with E-state index in [4.69, 9.17) is 21.4 Å². The van der Waals surface area contributed by atoms with Crippen molar-refractivity contribution in [3.05, 3.63) is 81.3 Å². The van der Waals surface area contributed by atoms with Gasteiger partial charge in [-0.3, -0.25) is 4.98 Å². The van der Waals surface area contributed by atoms with E-state index in [1.54, 1.807) is 17.5 Å². The molecule has 3 aromatic rings. The molecule has 0 N–H and O–H groups in total. The SMILES string of the molecule is Clc1ccc2c(c1)[C@H]1CC(c3cccs3)=NN1[C@H](c1cccnc1)O2. The quantitative estimate of drug-likeness (QED) is 0.636. The Labute approximate surface area is 154 Å². The summed E-state index contributed by atoms with van der Waals surface area (Å²) in [6.45, 7) is 0. The second-order valence-electron chi connectivity index (χ2n) is 6.06. The Morgan fingerprint density at radius 3 is 2.96 bits per heavy atom. The molecular weight excluding hydrogens is 354 g/mol. The van der Waals surface area contributed by atoms with Gasteiger partial charge in [-0.15, -0.1) is 11.3 Å². The molecule has 6 heteroatoms. The maximum atomic E-state index is 6.28. The summed E-state index contributed by atoms with van der Waals surface area (Å²) in [5.74, 6) is 0.863. The normalized spacial score (nSPS) is 21.3. The highest BCUT2D eigenvalue weighted by molar-refractivity contribution is 7.12. The number of benzene rings is 1. The van der Waals surface area contributed by atoms with Crippen molar-refractivity contribution in [1.82, 2.24) is 9.99 Å². The van der Waals surface area contributed by atoms with Crippen molar-refractivity contribution >= 4 is 28.6 Å². The van der Waals surface area contributed by atoms with Crippen LogP contribution < -0.4 is 4.74 Å². The second-order valence-corrected chi connectivity index (χ2v) is 7.45. The van der Waals surface area contributed by atoms with Gasteiger partial charge >= 0.3 is 0 Å². The molecule has 124 valence electrons. The molecule has 25 heavy (non-hydrogen) atoms. The fourth-order valence-electron chi connectivity index (χ4n) is 3.39. The third-order valence-corrected chi connectivity index (χ3v) is 5.68. The number of hydrogen-bond donors (Lipinski definition) is 0. The van der Waals surface area contributed by atoms with E-state index in [0.29, 0.717) is 5.02 Å². The molecule has 0 bridgehead atoms. The van der Waals surface area contributed by atoms with Gasteiger partial charge in [0.05, 0.1) is 16.6 Å². The summed E-state index contributed by atoms with van der Waals surface area (Å²) in [5.41, 5.74) is 3.16. The van der Waals surface area contributed by atoms with E-state index in [-0.39, 0.29) is 12.3 Å². The lowest BCUT2D eigenvalue weighted by Crippen LogP contribution is -2.33. The summed E-state index contributed by atoms with van der Waals surface area (Å²) in [7, 11) is 0. The first-order valence-corrected chi connectivity index (χ1v) is 9.31. The molecule has 1 aromatic carbocycles. The summed E-state index contributed by atoms with van der Waals surface area (Å²) in [6.07, 6.45) is 4.15. The highest BCUT2D eigenvalue weighted by Crippen LogP contribution is 2.48. The molecule has 2 aliphatic rings. The van der Waals surface area contributed by atoms with Gasteiger partial charge in [-0.25, -0.2) is 5.01 Å². The highest BCUT2D eigenvalue weighted by Gasteiger charge is 2.41. The van der Waals surface area contributed by atoms with E-state index in [1.807, 2.05) is 41.5 Å². The Hall–Kier alpha value is -2.37. The van der Waals surface area contributed by atoms with Crippen molar-refractivity contribution in [2.45, 2.75) is 18.7 Å². The zero-order valence-electron chi connectivity index (χ0n) is 13.2. The summed E-state index contributed by atoms with van der Waals surface area (Å²) >= 11 is 7.95. The largest absolute Gasteiger partial charge is 0.464 e. The van der Waals surface area contributed by atoms with Gasteiger partial charge in [0, 0.05) is 35.0 Å². The van der Waals surface area contributed by atoms with Crippen LogP contribution in [-0.4, -0.2) is 15.7 Å². The van der Waals surface area contributed by atoms with Crippen LogP contribution in [0.15, 0.2) is 65.3 Å². The van der Waals surface area contributed by atoms with E-state index in [2.05, 4.69) is 22.5 Å². The van der Waals surface area contributed by atoms with Crippen molar-refractivity contribution < 1.29 is 4.74 Å². The molecule has 0 radical (unpaired) electrons. The van der Waals surface area contributed by atoms with Crippen LogP contribution in [0, 0.1) is 0 Å². The number of pyridine rings is 1. The molecule has 4 nitrogen and oxygen atoms in total. The first kappa shape index (κ1) is 14.9. The first-order valence-electron chi connectivity index (χ1n) is 8.05. The van der Waals surface area contributed by atoms with E-state index >= 15 is 0 Å². The third-order valence-electron chi connectivity index (χ3n) is 4.53. The second kappa shape index (κ2) is 5.86. The average molecular weight is 368 g/mol. The Kier molecular flexibility index (Phi) is 3.50. The fraction of sp³-hybridized carbons (Fsp3) is 0.158. The van der Waals surface area contributed by atoms with Crippen LogP contribution in [0.1, 0.15) is 34.7 Å². The lowest BCUT2D eigenvalue weighted by Gasteiger charge is -2.38. The van der Waals surface area contributed by atoms with Gasteiger partial charge in [-0.2, -0.15) is 5.10 Å². The van der Waals surface area contributed by atoms with Gasteiger partial charge < -0.3 is 4.74 Å². The van der Waals surface area contributed by atoms with Crippen LogP contribution in [0.2, 0.25) is 5.02 Å². The Bertz CT molecular complexity index is 943. The number of fused-ring (bicyclic) bond motifs is 3. The predicted molar refractivity (Wildman–Crippen MR) is 99.1 cm³/mol. The van der Waals surface area contributed by atoms with Gasteiger partial charge in [0.25, 0.3) is 0 Å². The van der Waals surface area contributed by atoms with Crippen LogP contribution in [0.3, 0.4) is 0 Å². The highest BCUT2D eigenvalue weighted by atomic mass is 35.5. The van der Waals surface area contributed by atoms with Crippen LogP contribution in [0.5, 0.6) is 5.75 Å². The molecule has 0 amide bonds. The average Bonchev–Trinajstić information content (AvgIpc) is 3.31. The minimum absolute atomic E-state index is 0.116. The number of ether oxygens (including phenoxy) is 1. The lowest BCUT2D eigenvalue weighted by molar-refractivity contribution is -0.0192. The van der Waals surface area contributed by atoms with Gasteiger partial charge in [0.2, 0.25) is 6.23 Å². The monoisotopic (exact) mass is 367 g/mol. The van der Waals surface area contributed by atoms with Crippen LogP contribution in [0.4, 0.5) is 0 Å². The number of halogens is 1. The molecular formula is C19H14ClN3OS. The molecule has 0 saturated heterocycles. The molecule has 0 fully saturated rings. The standard InChI is InChI=1S/C19H14ClN3OS/c20-13-5-6-17-14(9-13)16-10-15(18-4-2-8-25-18)22-23(16)19(24-17)12-3-1-7-21-11-12/h1-9,11,16,19H,10H2/t16-,19+/m1/s1. The minimum atomic E-state index is -0.287. The predicted octanol–water partition coefficient (Wildman–Crippen LogP) is 5.04. The van der Waals surface area contributed by atoms with Crippen molar-refractivity contribution in [2.24, 2.45) is 5.10 Å². The number of hydrazone groups is 1. The molecule has 2 aliphatic heterocycles. The van der Waals surface area contributed by atoms with Gasteiger partial charge in [0.1, 0.15) is 5.75 Å². The lowest BCUT2D eigenvalue weighted by atomic mass is 9.98. The van der Waals surface area contributed by atoms with Crippen molar-refractivity contribution in [1.29, 1.82) is 0 Å². The van der Waals surface area contributed by atoms with Crippen molar-refractivity contribution in [3.63, 3.8) is 0 Å². The minimum Gasteiger partial charge on any atom is -0.464 e. The Balaban J connectivity index is 1.62. The summed E-state index contributed by atoms with van der Waals surface area (Å²) in [4.78, 5) is 5.44. The number of aromatic nitrogens is 1. The molecule has 4 heterocycles. The summed E-state index contributed by atoms with van der Waals surface area (Å²) < 4.78 is 6.28. The van der Waals surface area contributed by atoms with Crippen LogP contribution in [0.25, 0.3) is 0 Å². The van der Waals surface area contributed by atoms with Crippen molar-refractivity contribution in [3.8, 4) is 5.75 Å². The van der Waals surface area contributed by atoms with Gasteiger partial charge in [-0.1, -0.05) is 23.7 Å². The third kappa shape index (κ3) is 2.51. The number of rotatable bonds is 2. The molecule has 0 saturated carbocycles. The van der Waals surface area contributed by atoms with Crippen LogP contribution >= 0.6 is 22.9 Å². The zero-order chi connectivity index (χ0) is 16.8. The molecule has 2 atom stereocenters. The molecule has 0 aliphatic carbocycles. The topological polar surface area (TPSA) is 37.7 Å². The zero-order valence-corrected chi connectivity index (χ0v) is 14.7. The number of nitrogens with zero attached hydrogens (tertiary/aromatic N) is 3. The van der Waals surface area contributed by atoms with E-state index in [1.165, 1.54) is 4.88 Å². The van der Waals surface area contributed by atoms with E-state index in [9.17, 15) is 0 Å². The summed E-state index contributed by atoms with van der Waals surface area (Å²) in [6, 6.07) is 14.0. The van der Waals surface area contributed by atoms with Crippen molar-refractivity contribution in [2.75, 3.05) is 0 Å². The first-order chi connectivity index (χ1) is 12.3. The maximum absolute atomic E-state index is 6.28. The number of hydrogen-bond acceptors (Lipinski definition) is 5. The smallest absolute Gasteiger partial charge is 0.215 e. The van der Waals surface area contributed by atoms with Crippen LogP contribution in [-0.2, 0) is 0 Å². The van der Waals surface area contributed by atoms with Gasteiger partial charge in [-0.05, 0) is 35.7 Å². The van der Waals surface area contributed by atoms with E-state index in [0.717, 1.165) is 29.0 Å².